The third-order valence-electron chi connectivity index (χ3n) is 0.441. The molecule has 0 spiro atoms. The van der Waals surface area contributed by atoms with Crippen LogP contribution in [0, 0.1) is 0 Å². The minimum Gasteiger partial charge on any atom is -0.486 e. The number of imide groups is 1. The highest BCUT2D eigenvalue weighted by atomic mass is 32.1. The number of aliphatic hydroxyl groups excluding tert-OH is 1. The molecule has 56 valence electrons. The molecule has 3 amide bonds. The predicted molar refractivity (Wildman–Crippen MR) is 34.9 cm³/mol. The summed E-state index contributed by atoms with van der Waals surface area (Å²) in [6.07, 6.45) is -1.52. The molecule has 0 saturated heterocycles. The number of rotatable bonds is 0. The largest absolute Gasteiger partial charge is 0.486 e. The van der Waals surface area contributed by atoms with Crippen molar-refractivity contribution >= 4 is 29.5 Å². The molecule has 0 aromatic heterocycles. The Balaban J connectivity index is 3.65. The number of hydrogen-bond donors (Lipinski definition) is 4. The van der Waals surface area contributed by atoms with Crippen molar-refractivity contribution in [2.45, 2.75) is 0 Å². The van der Waals surface area contributed by atoms with Gasteiger partial charge in [0.25, 0.3) is 5.17 Å². The Morgan fingerprint density at radius 3 is 2.00 bits per heavy atom. The summed E-state index contributed by atoms with van der Waals surface area (Å²) in [6.45, 7) is 0. The summed E-state index contributed by atoms with van der Waals surface area (Å²) in [7, 11) is 0. The number of thiocarbonyl (C=S) groups is 1. The van der Waals surface area contributed by atoms with Crippen molar-refractivity contribution in [3.8, 4) is 0 Å². The van der Waals surface area contributed by atoms with Crippen LogP contribution < -0.4 is 10.6 Å². The minimum atomic E-state index is -1.52. The minimum absolute atomic E-state index is 0.779. The predicted octanol–water partition coefficient (Wildman–Crippen LogP) is -0.193. The average molecular weight is 164 g/mol. The number of hydrogen-bond acceptors (Lipinski definition) is 3. The van der Waals surface area contributed by atoms with E-state index in [2.05, 4.69) is 12.2 Å². The molecule has 0 aliphatic rings. The van der Waals surface area contributed by atoms with Gasteiger partial charge in [-0.3, -0.25) is 5.32 Å². The van der Waals surface area contributed by atoms with Crippen molar-refractivity contribution in [1.29, 1.82) is 0 Å². The lowest BCUT2D eigenvalue weighted by Gasteiger charge is -1.97. The van der Waals surface area contributed by atoms with Crippen LogP contribution in [0.15, 0.2) is 0 Å². The van der Waals surface area contributed by atoms with Gasteiger partial charge in [0.2, 0.25) is 0 Å². The molecule has 0 fully saturated rings. The van der Waals surface area contributed by atoms with Gasteiger partial charge in [-0.15, -0.1) is 0 Å². The van der Waals surface area contributed by atoms with E-state index in [4.69, 9.17) is 10.2 Å². The van der Waals surface area contributed by atoms with Crippen LogP contribution in [0.5, 0.6) is 0 Å². The SMILES string of the molecule is O=C(O)NC(=O)NC(O)=S. The van der Waals surface area contributed by atoms with Crippen molar-refractivity contribution in [2.24, 2.45) is 0 Å². The smallest absolute Gasteiger partial charge is 0.412 e. The number of amides is 3. The Hall–Kier alpha value is -1.37. The molecule has 0 rings (SSSR count). The molecule has 0 aliphatic carbocycles. The zero-order valence-electron chi connectivity index (χ0n) is 4.62. The van der Waals surface area contributed by atoms with E-state index in [0.717, 1.165) is 0 Å². The molecule has 10 heavy (non-hydrogen) atoms. The van der Waals surface area contributed by atoms with E-state index in [1.807, 2.05) is 0 Å². The van der Waals surface area contributed by atoms with Crippen molar-refractivity contribution in [3.63, 3.8) is 0 Å². The van der Waals surface area contributed by atoms with Gasteiger partial charge < -0.3 is 10.2 Å². The lowest BCUT2D eigenvalue weighted by Crippen LogP contribution is -2.40. The van der Waals surface area contributed by atoms with E-state index in [1.54, 1.807) is 5.32 Å². The second kappa shape index (κ2) is 3.62. The van der Waals surface area contributed by atoms with Crippen molar-refractivity contribution < 1.29 is 19.8 Å². The van der Waals surface area contributed by atoms with E-state index in [-0.39, 0.29) is 0 Å². The van der Waals surface area contributed by atoms with Crippen LogP contribution in [0.1, 0.15) is 0 Å². The molecular formula is C3H4N2O4S. The highest BCUT2D eigenvalue weighted by Gasteiger charge is 2.04. The summed E-state index contributed by atoms with van der Waals surface area (Å²) in [5.41, 5.74) is 0. The molecular weight excluding hydrogens is 160 g/mol. The van der Waals surface area contributed by atoms with Gasteiger partial charge in [0.05, 0.1) is 0 Å². The van der Waals surface area contributed by atoms with Gasteiger partial charge in [-0.1, -0.05) is 0 Å². The summed E-state index contributed by atoms with van der Waals surface area (Å²) in [4.78, 5) is 19.9. The molecule has 0 radical (unpaired) electrons. The first-order valence-electron chi connectivity index (χ1n) is 2.06. The van der Waals surface area contributed by atoms with E-state index in [0.29, 0.717) is 0 Å². The number of urea groups is 1. The maximum Gasteiger partial charge on any atom is 0.412 e. The Bertz CT molecular complexity index is 161. The molecule has 6 nitrogen and oxygen atoms in total. The van der Waals surface area contributed by atoms with E-state index >= 15 is 0 Å². The number of carbonyl (C=O) groups excluding carboxylic acids is 1. The van der Waals surface area contributed by atoms with Crippen LogP contribution in [-0.4, -0.2) is 27.5 Å². The highest BCUT2D eigenvalue weighted by molar-refractivity contribution is 7.80. The third-order valence-corrected chi connectivity index (χ3v) is 0.543. The quantitative estimate of drug-likeness (QED) is 0.372. The number of carboxylic acid groups (broad SMARTS) is 1. The first-order chi connectivity index (χ1) is 4.52. The zero-order chi connectivity index (χ0) is 8.15. The van der Waals surface area contributed by atoms with Gasteiger partial charge in [-0.2, -0.15) is 0 Å². The van der Waals surface area contributed by atoms with E-state index < -0.39 is 17.3 Å². The second-order valence-corrected chi connectivity index (χ2v) is 1.58. The van der Waals surface area contributed by atoms with Crippen LogP contribution in [0.3, 0.4) is 0 Å². The molecule has 0 heterocycles. The van der Waals surface area contributed by atoms with Crippen LogP contribution in [0.4, 0.5) is 9.59 Å². The van der Waals surface area contributed by atoms with Crippen LogP contribution in [0.25, 0.3) is 0 Å². The topological polar surface area (TPSA) is 98.7 Å². The molecule has 4 N–H and O–H groups in total. The molecule has 0 aromatic rings. The number of aliphatic hydroxyl groups is 1. The molecule has 0 aliphatic heterocycles. The average Bonchev–Trinajstić information content (AvgIpc) is 1.58. The molecule has 0 unspecified atom stereocenters. The number of carbonyl (C=O) groups is 2. The highest BCUT2D eigenvalue weighted by Crippen LogP contribution is 1.66. The van der Waals surface area contributed by atoms with Gasteiger partial charge in [-0.05, 0) is 12.2 Å². The summed E-state index contributed by atoms with van der Waals surface area (Å²) < 4.78 is 0. The van der Waals surface area contributed by atoms with Gasteiger partial charge in [0.1, 0.15) is 0 Å². The van der Waals surface area contributed by atoms with Crippen LogP contribution in [-0.2, 0) is 0 Å². The van der Waals surface area contributed by atoms with Crippen molar-refractivity contribution in [1.82, 2.24) is 10.6 Å². The molecule has 0 atom stereocenters. The fraction of sp³-hybridized carbons (Fsp3) is 0. The first-order valence-corrected chi connectivity index (χ1v) is 2.47. The fourth-order valence-electron chi connectivity index (χ4n) is 0.225. The fourth-order valence-corrected chi connectivity index (χ4v) is 0.318. The van der Waals surface area contributed by atoms with Gasteiger partial charge in [0.15, 0.2) is 0 Å². The molecule has 0 aromatic carbocycles. The van der Waals surface area contributed by atoms with Crippen LogP contribution in [0.2, 0.25) is 0 Å². The van der Waals surface area contributed by atoms with Gasteiger partial charge in [0, 0.05) is 0 Å². The summed E-state index contributed by atoms with van der Waals surface area (Å²) in [5.74, 6) is 0. The summed E-state index contributed by atoms with van der Waals surface area (Å²) in [5, 5.41) is 18.3. The maximum atomic E-state index is 10.2. The lowest BCUT2D eigenvalue weighted by atomic mass is 10.9. The van der Waals surface area contributed by atoms with Crippen molar-refractivity contribution in [3.05, 3.63) is 0 Å². The Morgan fingerprint density at radius 1 is 1.20 bits per heavy atom. The normalized spacial score (nSPS) is 8.00. The van der Waals surface area contributed by atoms with Gasteiger partial charge >= 0.3 is 12.1 Å². The van der Waals surface area contributed by atoms with Crippen molar-refractivity contribution in [2.75, 3.05) is 0 Å². The second-order valence-electron chi connectivity index (χ2n) is 1.19. The van der Waals surface area contributed by atoms with Gasteiger partial charge in [-0.25, -0.2) is 14.9 Å². The molecule has 0 bridgehead atoms. The summed E-state index contributed by atoms with van der Waals surface area (Å²) >= 11 is 4.02. The standard InChI is InChI=1S/C3H4N2O4S/c6-1(4-2(7)8)5-3(9)10/h(H,7,8)(H3,4,5,6,9,10). The van der Waals surface area contributed by atoms with E-state index in [9.17, 15) is 9.59 Å². The summed E-state index contributed by atoms with van der Waals surface area (Å²) in [6, 6.07) is -1.08. The Labute approximate surface area is 60.8 Å². The van der Waals surface area contributed by atoms with E-state index in [1.165, 1.54) is 5.32 Å². The van der Waals surface area contributed by atoms with Crippen LogP contribution >= 0.6 is 12.2 Å². The Morgan fingerprint density at radius 2 is 1.70 bits per heavy atom. The third kappa shape index (κ3) is 4.78. The lowest BCUT2D eigenvalue weighted by molar-refractivity contribution is 0.192. The first kappa shape index (κ1) is 8.63. The zero-order valence-corrected chi connectivity index (χ0v) is 5.44. The molecule has 7 heteroatoms. The maximum absolute atomic E-state index is 10.2. The number of nitrogens with one attached hydrogen (secondary N) is 2. The Kier molecular flexibility index (Phi) is 3.12. The molecule has 0 saturated carbocycles. The monoisotopic (exact) mass is 164 g/mol.